The maximum atomic E-state index is 11.3. The molecule has 0 atom stereocenters. The van der Waals surface area contributed by atoms with Gasteiger partial charge in [0, 0.05) is 29.6 Å². The fourth-order valence-electron chi connectivity index (χ4n) is 3.22. The van der Waals surface area contributed by atoms with Gasteiger partial charge in [-0.05, 0) is 31.2 Å². The number of halogens is 1. The van der Waals surface area contributed by atoms with Gasteiger partial charge >= 0.3 is 0 Å². The van der Waals surface area contributed by atoms with E-state index in [1.165, 1.54) is 43.2 Å². The van der Waals surface area contributed by atoms with E-state index in [1.807, 2.05) is 18.3 Å². The van der Waals surface area contributed by atoms with Crippen LogP contribution >= 0.6 is 35.3 Å². The SMILES string of the molecule is CCNC(=NCC1(c2cccs2)CCCCC1)NCCS(C)(=O)=O.I. The van der Waals surface area contributed by atoms with Crippen LogP contribution < -0.4 is 10.6 Å². The van der Waals surface area contributed by atoms with E-state index in [-0.39, 0.29) is 35.1 Å². The number of guanidine groups is 1. The molecular formula is C17H30IN3O2S2. The van der Waals surface area contributed by atoms with Crippen LogP contribution in [-0.2, 0) is 15.3 Å². The molecule has 144 valence electrons. The number of rotatable bonds is 7. The molecule has 8 heteroatoms. The summed E-state index contributed by atoms with van der Waals surface area (Å²) in [7, 11) is -2.96. The molecule has 1 aromatic rings. The average molecular weight is 499 g/mol. The largest absolute Gasteiger partial charge is 0.357 e. The smallest absolute Gasteiger partial charge is 0.191 e. The van der Waals surface area contributed by atoms with Gasteiger partial charge in [-0.3, -0.25) is 4.99 Å². The Kier molecular flexibility index (Phi) is 9.73. The number of nitrogens with zero attached hydrogens (tertiary/aromatic N) is 1. The fourth-order valence-corrected chi connectivity index (χ4v) is 4.67. The summed E-state index contributed by atoms with van der Waals surface area (Å²) in [4.78, 5) is 6.22. The molecule has 1 aliphatic rings. The third-order valence-corrected chi connectivity index (χ3v) is 6.57. The molecule has 0 bridgehead atoms. The van der Waals surface area contributed by atoms with Crippen molar-refractivity contribution >= 4 is 51.1 Å². The lowest BCUT2D eigenvalue weighted by molar-refractivity contribution is 0.306. The van der Waals surface area contributed by atoms with Gasteiger partial charge < -0.3 is 10.6 Å². The second kappa shape index (κ2) is 10.7. The lowest BCUT2D eigenvalue weighted by atomic mass is 9.73. The molecule has 0 spiro atoms. The zero-order valence-corrected chi connectivity index (χ0v) is 19.0. The summed E-state index contributed by atoms with van der Waals surface area (Å²) < 4.78 is 22.6. The number of hydrogen-bond donors (Lipinski definition) is 2. The van der Waals surface area contributed by atoms with Gasteiger partial charge in [-0.25, -0.2) is 8.42 Å². The molecule has 1 aromatic heterocycles. The van der Waals surface area contributed by atoms with Gasteiger partial charge in [-0.1, -0.05) is 25.3 Å². The van der Waals surface area contributed by atoms with E-state index < -0.39 is 9.84 Å². The van der Waals surface area contributed by atoms with Gasteiger partial charge in [0.2, 0.25) is 0 Å². The zero-order valence-electron chi connectivity index (χ0n) is 15.1. The summed E-state index contributed by atoms with van der Waals surface area (Å²) >= 11 is 1.83. The van der Waals surface area contributed by atoms with Crippen LogP contribution in [0.15, 0.2) is 22.5 Å². The molecule has 0 saturated heterocycles. The number of hydrogen-bond acceptors (Lipinski definition) is 4. The number of aliphatic imine (C=N–C) groups is 1. The predicted molar refractivity (Wildman–Crippen MR) is 118 cm³/mol. The molecule has 1 heterocycles. The van der Waals surface area contributed by atoms with Gasteiger partial charge in [0.1, 0.15) is 9.84 Å². The fraction of sp³-hybridized carbons (Fsp3) is 0.706. The Hall–Kier alpha value is -0.350. The molecule has 1 saturated carbocycles. The Morgan fingerprint density at radius 2 is 2.00 bits per heavy atom. The molecule has 0 amide bonds. The highest BCUT2D eigenvalue weighted by molar-refractivity contribution is 14.0. The van der Waals surface area contributed by atoms with Crippen molar-refractivity contribution in [2.45, 2.75) is 44.4 Å². The van der Waals surface area contributed by atoms with Crippen LogP contribution in [-0.4, -0.2) is 46.0 Å². The van der Waals surface area contributed by atoms with Crippen LogP contribution in [0.4, 0.5) is 0 Å². The van der Waals surface area contributed by atoms with Crippen LogP contribution in [0.1, 0.15) is 43.9 Å². The minimum absolute atomic E-state index is 0. The first-order valence-corrected chi connectivity index (χ1v) is 11.6. The Balaban J connectivity index is 0.00000312. The molecule has 0 unspecified atom stereocenters. The van der Waals surface area contributed by atoms with Crippen LogP contribution in [0.2, 0.25) is 0 Å². The minimum Gasteiger partial charge on any atom is -0.357 e. The van der Waals surface area contributed by atoms with E-state index in [2.05, 4.69) is 28.1 Å². The highest BCUT2D eigenvalue weighted by Gasteiger charge is 2.34. The highest BCUT2D eigenvalue weighted by Crippen LogP contribution is 2.41. The van der Waals surface area contributed by atoms with Crippen molar-refractivity contribution in [1.29, 1.82) is 0 Å². The first kappa shape index (κ1) is 22.7. The third-order valence-electron chi connectivity index (χ3n) is 4.50. The summed E-state index contributed by atoms with van der Waals surface area (Å²) in [5.41, 5.74) is 0.144. The summed E-state index contributed by atoms with van der Waals surface area (Å²) in [5, 5.41) is 8.50. The van der Waals surface area contributed by atoms with Crippen molar-refractivity contribution < 1.29 is 8.42 Å². The second-order valence-corrected chi connectivity index (χ2v) is 9.78. The maximum absolute atomic E-state index is 11.3. The molecule has 2 rings (SSSR count). The summed E-state index contributed by atoms with van der Waals surface area (Å²) in [6.07, 6.45) is 7.44. The second-order valence-electron chi connectivity index (χ2n) is 6.57. The van der Waals surface area contributed by atoms with E-state index in [9.17, 15) is 8.42 Å². The van der Waals surface area contributed by atoms with Crippen molar-refractivity contribution in [1.82, 2.24) is 10.6 Å². The zero-order chi connectivity index (χ0) is 17.5. The van der Waals surface area contributed by atoms with E-state index >= 15 is 0 Å². The van der Waals surface area contributed by atoms with Crippen molar-refractivity contribution in [2.75, 3.05) is 31.6 Å². The van der Waals surface area contributed by atoms with Crippen molar-refractivity contribution in [3.63, 3.8) is 0 Å². The van der Waals surface area contributed by atoms with Crippen molar-refractivity contribution in [2.24, 2.45) is 4.99 Å². The Labute approximate surface area is 173 Å². The Morgan fingerprint density at radius 3 is 2.56 bits per heavy atom. The summed E-state index contributed by atoms with van der Waals surface area (Å²) in [6.45, 7) is 3.92. The molecule has 1 aliphatic carbocycles. The summed E-state index contributed by atoms with van der Waals surface area (Å²) in [6, 6.07) is 4.35. The molecular weight excluding hydrogens is 469 g/mol. The van der Waals surface area contributed by atoms with Gasteiger partial charge in [0.05, 0.1) is 12.3 Å². The molecule has 0 radical (unpaired) electrons. The third kappa shape index (κ3) is 7.42. The van der Waals surface area contributed by atoms with Crippen LogP contribution in [0.3, 0.4) is 0 Å². The first-order chi connectivity index (χ1) is 11.5. The Bertz CT molecular complexity index is 624. The van der Waals surface area contributed by atoms with E-state index in [1.54, 1.807) is 0 Å². The molecule has 5 nitrogen and oxygen atoms in total. The number of thiophene rings is 1. The predicted octanol–water partition coefficient (Wildman–Crippen LogP) is 3.17. The average Bonchev–Trinajstić information content (AvgIpc) is 3.07. The Morgan fingerprint density at radius 1 is 1.28 bits per heavy atom. The maximum Gasteiger partial charge on any atom is 0.191 e. The topological polar surface area (TPSA) is 70.6 Å². The lowest BCUT2D eigenvalue weighted by Crippen LogP contribution is -2.41. The lowest BCUT2D eigenvalue weighted by Gasteiger charge is -2.35. The molecule has 25 heavy (non-hydrogen) atoms. The monoisotopic (exact) mass is 499 g/mol. The van der Waals surface area contributed by atoms with Gasteiger partial charge in [-0.15, -0.1) is 35.3 Å². The number of nitrogens with one attached hydrogen (secondary N) is 2. The molecule has 1 fully saturated rings. The van der Waals surface area contributed by atoms with Gasteiger partial charge in [-0.2, -0.15) is 0 Å². The van der Waals surface area contributed by atoms with E-state index in [0.29, 0.717) is 12.5 Å². The van der Waals surface area contributed by atoms with Crippen LogP contribution in [0.25, 0.3) is 0 Å². The quantitative estimate of drug-likeness (QED) is 0.344. The van der Waals surface area contributed by atoms with Crippen LogP contribution in [0, 0.1) is 0 Å². The minimum atomic E-state index is -2.96. The standard InChI is InChI=1S/C17H29N3O2S2.HI/c1-3-18-16(19-11-13-24(2,21)22)20-14-17(9-5-4-6-10-17)15-8-7-12-23-15;/h7-8,12H,3-6,9-11,13-14H2,1-2H3,(H2,18,19,20);1H. The van der Waals surface area contributed by atoms with Crippen molar-refractivity contribution in [3.8, 4) is 0 Å². The van der Waals surface area contributed by atoms with Crippen molar-refractivity contribution in [3.05, 3.63) is 22.4 Å². The molecule has 0 aromatic carbocycles. The van der Waals surface area contributed by atoms with E-state index in [4.69, 9.17) is 4.99 Å². The highest BCUT2D eigenvalue weighted by atomic mass is 127. The van der Waals surface area contributed by atoms with Crippen LogP contribution in [0.5, 0.6) is 0 Å². The number of sulfone groups is 1. The van der Waals surface area contributed by atoms with E-state index in [0.717, 1.165) is 13.1 Å². The summed E-state index contributed by atoms with van der Waals surface area (Å²) in [5.74, 6) is 0.829. The van der Waals surface area contributed by atoms with Gasteiger partial charge in [0.15, 0.2) is 5.96 Å². The first-order valence-electron chi connectivity index (χ1n) is 8.69. The molecule has 2 N–H and O–H groups in total. The normalized spacial score (nSPS) is 17.6. The van der Waals surface area contributed by atoms with Gasteiger partial charge in [0.25, 0.3) is 0 Å². The molecule has 0 aliphatic heterocycles.